The molecule has 0 saturated heterocycles. The minimum absolute atomic E-state index is 0.204. The highest BCUT2D eigenvalue weighted by Crippen LogP contribution is 2.33. The molecule has 2 rings (SSSR count). The van der Waals surface area contributed by atoms with Crippen LogP contribution >= 0.6 is 34.8 Å². The molecule has 2 aromatic carbocycles. The molecule has 1 atom stereocenters. The van der Waals surface area contributed by atoms with Crippen LogP contribution in [0.1, 0.15) is 41.8 Å². The van der Waals surface area contributed by atoms with Crippen LogP contribution in [0, 0.1) is 0 Å². The third kappa shape index (κ3) is 3.91. The van der Waals surface area contributed by atoms with Gasteiger partial charge < -0.3 is 0 Å². The molecule has 0 amide bonds. The maximum absolute atomic E-state index is 6.51. The molecule has 0 spiro atoms. The summed E-state index contributed by atoms with van der Waals surface area (Å²) in [6.45, 7) is 2.20. The normalized spacial score (nSPS) is 12.4. The summed E-state index contributed by atoms with van der Waals surface area (Å²) in [6, 6.07) is 14.0. The zero-order valence-corrected chi connectivity index (χ0v) is 13.6. The largest absolute Gasteiger partial charge is 0.113 e. The zero-order valence-electron chi connectivity index (χ0n) is 11.4. The third-order valence-corrected chi connectivity index (χ3v) is 4.57. The van der Waals surface area contributed by atoms with Crippen LogP contribution in [0.5, 0.6) is 0 Å². The Balaban J connectivity index is 2.15. The van der Waals surface area contributed by atoms with E-state index in [0.29, 0.717) is 10.0 Å². The van der Waals surface area contributed by atoms with Gasteiger partial charge in [0.15, 0.2) is 0 Å². The first-order valence-electron chi connectivity index (χ1n) is 6.79. The Labute approximate surface area is 135 Å². The second-order valence-corrected chi connectivity index (χ2v) is 6.13. The van der Waals surface area contributed by atoms with Crippen molar-refractivity contribution < 1.29 is 0 Å². The van der Waals surface area contributed by atoms with Crippen molar-refractivity contribution >= 4 is 34.8 Å². The lowest BCUT2D eigenvalue weighted by Gasteiger charge is -2.12. The maximum Gasteiger partial charge on any atom is 0.0835 e. The topological polar surface area (TPSA) is 0 Å². The van der Waals surface area contributed by atoms with E-state index in [-0.39, 0.29) is 5.38 Å². The molecular formula is C17H17Cl3. The monoisotopic (exact) mass is 326 g/mol. The first kappa shape index (κ1) is 15.7. The second-order valence-electron chi connectivity index (χ2n) is 4.88. The Hall–Kier alpha value is -0.690. The fourth-order valence-corrected chi connectivity index (χ4v) is 2.68. The van der Waals surface area contributed by atoms with E-state index < -0.39 is 0 Å². The van der Waals surface area contributed by atoms with Gasteiger partial charge in [0.1, 0.15) is 0 Å². The van der Waals surface area contributed by atoms with E-state index in [0.717, 1.165) is 17.5 Å². The van der Waals surface area contributed by atoms with E-state index >= 15 is 0 Å². The summed E-state index contributed by atoms with van der Waals surface area (Å²) in [4.78, 5) is 0. The van der Waals surface area contributed by atoms with Gasteiger partial charge in [0.25, 0.3) is 0 Å². The van der Waals surface area contributed by atoms with E-state index in [1.54, 1.807) is 6.07 Å². The van der Waals surface area contributed by atoms with Gasteiger partial charge in [-0.3, -0.25) is 0 Å². The van der Waals surface area contributed by atoms with E-state index in [1.807, 2.05) is 12.1 Å². The lowest BCUT2D eigenvalue weighted by atomic mass is 10.0. The van der Waals surface area contributed by atoms with E-state index in [1.165, 1.54) is 18.4 Å². The third-order valence-electron chi connectivity index (χ3n) is 3.33. The van der Waals surface area contributed by atoms with Gasteiger partial charge in [-0.2, -0.15) is 0 Å². The van der Waals surface area contributed by atoms with Crippen molar-refractivity contribution in [2.45, 2.75) is 31.6 Å². The minimum atomic E-state index is -0.204. The molecule has 0 fully saturated rings. The molecule has 0 heterocycles. The van der Waals surface area contributed by atoms with Crippen LogP contribution in [0.25, 0.3) is 0 Å². The summed E-state index contributed by atoms with van der Waals surface area (Å²) in [5, 5.41) is 0.883. The average molecular weight is 328 g/mol. The Morgan fingerprint density at radius 3 is 2.15 bits per heavy atom. The number of hydrogen-bond acceptors (Lipinski definition) is 0. The second kappa shape index (κ2) is 7.36. The Bertz CT molecular complexity index is 561. The summed E-state index contributed by atoms with van der Waals surface area (Å²) in [5.41, 5.74) is 3.39. The molecule has 1 unspecified atom stereocenters. The first-order chi connectivity index (χ1) is 9.61. The van der Waals surface area contributed by atoms with Crippen molar-refractivity contribution in [3.63, 3.8) is 0 Å². The predicted octanol–water partition coefficient (Wildman–Crippen LogP) is 6.66. The number of alkyl halides is 1. The molecule has 0 aliphatic rings. The number of halogens is 3. The molecule has 20 heavy (non-hydrogen) atoms. The van der Waals surface area contributed by atoms with Crippen molar-refractivity contribution in [1.82, 2.24) is 0 Å². The molecule has 0 aliphatic heterocycles. The minimum Gasteiger partial charge on any atom is -0.113 e. The number of benzene rings is 2. The molecule has 0 nitrogen and oxygen atoms in total. The highest BCUT2D eigenvalue weighted by atomic mass is 35.5. The van der Waals surface area contributed by atoms with Gasteiger partial charge in [-0.25, -0.2) is 0 Å². The van der Waals surface area contributed by atoms with Gasteiger partial charge in [0, 0.05) is 0 Å². The van der Waals surface area contributed by atoms with Crippen LogP contribution in [-0.4, -0.2) is 0 Å². The standard InChI is InChI=1S/C17H17Cl3/c1-2-3-4-12-5-7-13(8-6-12)17(20)14-9-10-15(18)16(19)11-14/h5-11,17H,2-4H2,1H3. The van der Waals surface area contributed by atoms with E-state index in [4.69, 9.17) is 34.8 Å². The van der Waals surface area contributed by atoms with Crippen LogP contribution in [-0.2, 0) is 6.42 Å². The van der Waals surface area contributed by atoms with Crippen molar-refractivity contribution in [3.05, 3.63) is 69.2 Å². The van der Waals surface area contributed by atoms with Gasteiger partial charge in [0.05, 0.1) is 15.4 Å². The lowest BCUT2D eigenvalue weighted by molar-refractivity contribution is 0.794. The maximum atomic E-state index is 6.51. The van der Waals surface area contributed by atoms with Crippen molar-refractivity contribution in [2.24, 2.45) is 0 Å². The molecule has 106 valence electrons. The van der Waals surface area contributed by atoms with Crippen LogP contribution in [0.2, 0.25) is 10.0 Å². The van der Waals surface area contributed by atoms with Crippen molar-refractivity contribution in [2.75, 3.05) is 0 Å². The van der Waals surface area contributed by atoms with E-state index in [2.05, 4.69) is 31.2 Å². The summed E-state index contributed by atoms with van der Waals surface area (Å²) < 4.78 is 0. The Kier molecular flexibility index (Phi) is 5.77. The average Bonchev–Trinajstić information content (AvgIpc) is 2.48. The predicted molar refractivity (Wildman–Crippen MR) is 89.2 cm³/mol. The van der Waals surface area contributed by atoms with Gasteiger partial charge >= 0.3 is 0 Å². The quantitative estimate of drug-likeness (QED) is 0.538. The van der Waals surface area contributed by atoms with Gasteiger partial charge in [-0.1, -0.05) is 66.9 Å². The van der Waals surface area contributed by atoms with E-state index in [9.17, 15) is 0 Å². The number of hydrogen-bond donors (Lipinski definition) is 0. The summed E-state index contributed by atoms with van der Waals surface area (Å²) in [5.74, 6) is 0. The van der Waals surface area contributed by atoms with Crippen molar-refractivity contribution in [1.29, 1.82) is 0 Å². The molecule has 0 radical (unpaired) electrons. The molecule has 0 aromatic heterocycles. The zero-order chi connectivity index (χ0) is 14.5. The molecular weight excluding hydrogens is 311 g/mol. The van der Waals surface area contributed by atoms with Crippen LogP contribution in [0.3, 0.4) is 0 Å². The fourth-order valence-electron chi connectivity index (χ4n) is 2.10. The molecule has 0 saturated carbocycles. The van der Waals surface area contributed by atoms with Crippen LogP contribution in [0.15, 0.2) is 42.5 Å². The molecule has 0 N–H and O–H groups in total. The molecule has 2 aromatic rings. The SMILES string of the molecule is CCCCc1ccc(C(Cl)c2ccc(Cl)c(Cl)c2)cc1. The van der Waals surface area contributed by atoms with Crippen LogP contribution < -0.4 is 0 Å². The summed E-state index contributed by atoms with van der Waals surface area (Å²) in [7, 11) is 0. The number of rotatable bonds is 5. The number of unbranched alkanes of at least 4 members (excludes halogenated alkanes) is 1. The number of aryl methyl sites for hydroxylation is 1. The van der Waals surface area contributed by atoms with Crippen LogP contribution in [0.4, 0.5) is 0 Å². The highest BCUT2D eigenvalue weighted by Gasteiger charge is 2.12. The lowest BCUT2D eigenvalue weighted by Crippen LogP contribution is -1.94. The summed E-state index contributed by atoms with van der Waals surface area (Å²) in [6.07, 6.45) is 3.55. The molecule has 3 heteroatoms. The Morgan fingerprint density at radius 1 is 0.900 bits per heavy atom. The molecule has 0 aliphatic carbocycles. The van der Waals surface area contributed by atoms with Gasteiger partial charge in [-0.05, 0) is 41.7 Å². The highest BCUT2D eigenvalue weighted by molar-refractivity contribution is 6.42. The summed E-state index contributed by atoms with van der Waals surface area (Å²) >= 11 is 18.5. The smallest absolute Gasteiger partial charge is 0.0835 e. The van der Waals surface area contributed by atoms with Crippen molar-refractivity contribution in [3.8, 4) is 0 Å². The molecule has 0 bridgehead atoms. The fraction of sp³-hybridized carbons (Fsp3) is 0.294. The van der Waals surface area contributed by atoms with Gasteiger partial charge in [-0.15, -0.1) is 11.6 Å². The Morgan fingerprint density at radius 2 is 1.55 bits per heavy atom. The van der Waals surface area contributed by atoms with Gasteiger partial charge in [0.2, 0.25) is 0 Å². The first-order valence-corrected chi connectivity index (χ1v) is 7.99.